The zero-order chi connectivity index (χ0) is 20.5. The Kier molecular flexibility index (Phi) is 14.7. The van der Waals surface area contributed by atoms with Crippen molar-refractivity contribution in [1.82, 2.24) is 0 Å². The molecule has 1 atom stereocenters. The van der Waals surface area contributed by atoms with Crippen LogP contribution in [-0.2, 0) is 16.0 Å². The largest absolute Gasteiger partial charge is 0.465 e. The fourth-order valence-corrected chi connectivity index (χ4v) is 3.67. The predicted octanol–water partition coefficient (Wildman–Crippen LogP) is 7.81. The molecule has 0 aliphatic heterocycles. The van der Waals surface area contributed by atoms with Gasteiger partial charge in [0.05, 0.1) is 6.61 Å². The Bertz CT molecular complexity index is 492. The molecule has 0 aliphatic carbocycles. The first kappa shape index (κ1) is 24.7. The predicted molar refractivity (Wildman–Crippen MR) is 121 cm³/mol. The van der Waals surface area contributed by atoms with E-state index in [0.717, 1.165) is 6.42 Å². The van der Waals surface area contributed by atoms with E-state index in [9.17, 15) is 4.79 Å². The Morgan fingerprint density at radius 1 is 0.821 bits per heavy atom. The van der Waals surface area contributed by atoms with Crippen molar-refractivity contribution < 1.29 is 9.53 Å². The summed E-state index contributed by atoms with van der Waals surface area (Å²) in [6, 6.07) is 8.43. The van der Waals surface area contributed by atoms with Gasteiger partial charge in [-0.1, -0.05) is 108 Å². The topological polar surface area (TPSA) is 26.3 Å². The van der Waals surface area contributed by atoms with Gasteiger partial charge in [0, 0.05) is 6.42 Å². The molecule has 0 bridgehead atoms. The van der Waals surface area contributed by atoms with Crippen molar-refractivity contribution in [3.8, 4) is 0 Å². The lowest BCUT2D eigenvalue weighted by molar-refractivity contribution is -0.145. The van der Waals surface area contributed by atoms with Crippen LogP contribution in [0.4, 0.5) is 0 Å². The first-order valence-corrected chi connectivity index (χ1v) is 11.9. The average molecular weight is 389 g/mol. The first-order valence-electron chi connectivity index (χ1n) is 11.9. The van der Waals surface area contributed by atoms with Crippen LogP contribution in [0.1, 0.15) is 108 Å². The minimum Gasteiger partial charge on any atom is -0.465 e. The molecule has 160 valence electrons. The van der Waals surface area contributed by atoms with Crippen LogP contribution in [0.25, 0.3) is 0 Å². The SMILES string of the molecule is CCCCCCCCC(CCCCCC)COC(=O)CCc1ccc(C)cc1. The highest BCUT2D eigenvalue weighted by Crippen LogP contribution is 2.20. The molecule has 2 nitrogen and oxygen atoms in total. The zero-order valence-electron chi connectivity index (χ0n) is 18.8. The van der Waals surface area contributed by atoms with Gasteiger partial charge in [0.1, 0.15) is 0 Å². The van der Waals surface area contributed by atoms with E-state index in [0.29, 0.717) is 18.9 Å². The lowest BCUT2D eigenvalue weighted by Crippen LogP contribution is -2.15. The van der Waals surface area contributed by atoms with Crippen LogP contribution >= 0.6 is 0 Å². The summed E-state index contributed by atoms with van der Waals surface area (Å²) in [7, 11) is 0. The number of carbonyl (C=O) groups is 1. The summed E-state index contributed by atoms with van der Waals surface area (Å²) in [5.41, 5.74) is 2.47. The van der Waals surface area contributed by atoms with Gasteiger partial charge in [-0.25, -0.2) is 0 Å². The number of aryl methyl sites for hydroxylation is 2. The highest BCUT2D eigenvalue weighted by molar-refractivity contribution is 5.69. The van der Waals surface area contributed by atoms with E-state index >= 15 is 0 Å². The maximum absolute atomic E-state index is 12.2. The van der Waals surface area contributed by atoms with Crippen LogP contribution in [0.5, 0.6) is 0 Å². The maximum atomic E-state index is 12.2. The molecule has 0 aliphatic rings. The number of ether oxygens (including phenoxy) is 1. The van der Waals surface area contributed by atoms with Crippen LogP contribution < -0.4 is 0 Å². The molecule has 0 heterocycles. The van der Waals surface area contributed by atoms with Gasteiger partial charge in [-0.3, -0.25) is 4.79 Å². The van der Waals surface area contributed by atoms with E-state index in [1.54, 1.807) is 0 Å². The molecular formula is C26H44O2. The monoisotopic (exact) mass is 388 g/mol. The molecule has 0 saturated heterocycles. The lowest BCUT2D eigenvalue weighted by Gasteiger charge is -2.17. The van der Waals surface area contributed by atoms with E-state index in [-0.39, 0.29) is 5.97 Å². The van der Waals surface area contributed by atoms with E-state index in [1.807, 2.05) is 0 Å². The van der Waals surface area contributed by atoms with E-state index < -0.39 is 0 Å². The molecule has 1 aromatic carbocycles. The second-order valence-corrected chi connectivity index (χ2v) is 8.44. The van der Waals surface area contributed by atoms with Crippen LogP contribution in [0, 0.1) is 12.8 Å². The van der Waals surface area contributed by atoms with Gasteiger partial charge in [-0.15, -0.1) is 0 Å². The Morgan fingerprint density at radius 2 is 1.36 bits per heavy atom. The van der Waals surface area contributed by atoms with Gasteiger partial charge in [0.15, 0.2) is 0 Å². The Morgan fingerprint density at radius 3 is 1.96 bits per heavy atom. The van der Waals surface area contributed by atoms with Gasteiger partial charge in [-0.2, -0.15) is 0 Å². The molecule has 0 saturated carbocycles. The Hall–Kier alpha value is -1.31. The fraction of sp³-hybridized carbons (Fsp3) is 0.731. The quantitative estimate of drug-likeness (QED) is 0.201. The van der Waals surface area contributed by atoms with Gasteiger partial charge in [0.25, 0.3) is 0 Å². The summed E-state index contributed by atoms with van der Waals surface area (Å²) in [6.45, 7) is 7.22. The molecule has 1 unspecified atom stereocenters. The number of benzene rings is 1. The van der Waals surface area contributed by atoms with Crippen molar-refractivity contribution in [2.24, 2.45) is 5.92 Å². The number of unbranched alkanes of at least 4 members (excludes halogenated alkanes) is 8. The molecule has 2 heteroatoms. The van der Waals surface area contributed by atoms with Crippen molar-refractivity contribution in [2.75, 3.05) is 6.61 Å². The Balaban J connectivity index is 2.28. The third kappa shape index (κ3) is 13.0. The molecule has 0 radical (unpaired) electrons. The molecule has 1 rings (SSSR count). The van der Waals surface area contributed by atoms with E-state index in [4.69, 9.17) is 4.74 Å². The summed E-state index contributed by atoms with van der Waals surface area (Å²) >= 11 is 0. The van der Waals surface area contributed by atoms with Gasteiger partial charge in [0.2, 0.25) is 0 Å². The minimum atomic E-state index is -0.0397. The van der Waals surface area contributed by atoms with E-state index in [1.165, 1.54) is 88.2 Å². The number of hydrogen-bond donors (Lipinski definition) is 0. The van der Waals surface area contributed by atoms with Crippen molar-refractivity contribution >= 4 is 5.97 Å². The van der Waals surface area contributed by atoms with Crippen molar-refractivity contribution in [1.29, 1.82) is 0 Å². The van der Waals surface area contributed by atoms with Gasteiger partial charge >= 0.3 is 5.97 Å². The lowest BCUT2D eigenvalue weighted by atomic mass is 9.95. The second-order valence-electron chi connectivity index (χ2n) is 8.44. The van der Waals surface area contributed by atoms with Crippen LogP contribution in [0.15, 0.2) is 24.3 Å². The molecule has 1 aromatic rings. The molecule has 0 amide bonds. The second kappa shape index (κ2) is 16.6. The molecule has 0 N–H and O–H groups in total. The molecular weight excluding hydrogens is 344 g/mol. The highest BCUT2D eigenvalue weighted by Gasteiger charge is 2.12. The summed E-state index contributed by atoms with van der Waals surface area (Å²) in [6.07, 6.45) is 16.9. The fourth-order valence-electron chi connectivity index (χ4n) is 3.67. The van der Waals surface area contributed by atoms with Crippen molar-refractivity contribution in [2.45, 2.75) is 111 Å². The maximum Gasteiger partial charge on any atom is 0.306 e. The highest BCUT2D eigenvalue weighted by atomic mass is 16.5. The number of carbonyl (C=O) groups excluding carboxylic acids is 1. The third-order valence-corrected chi connectivity index (χ3v) is 5.65. The van der Waals surface area contributed by atoms with Gasteiger partial charge < -0.3 is 4.74 Å². The van der Waals surface area contributed by atoms with Crippen molar-refractivity contribution in [3.63, 3.8) is 0 Å². The van der Waals surface area contributed by atoms with Crippen LogP contribution in [-0.4, -0.2) is 12.6 Å². The Labute approximate surface area is 174 Å². The molecule has 28 heavy (non-hydrogen) atoms. The smallest absolute Gasteiger partial charge is 0.306 e. The molecule has 0 aromatic heterocycles. The van der Waals surface area contributed by atoms with Crippen LogP contribution in [0.3, 0.4) is 0 Å². The minimum absolute atomic E-state index is 0.0397. The summed E-state index contributed by atoms with van der Waals surface area (Å²) in [5.74, 6) is 0.508. The number of rotatable bonds is 17. The summed E-state index contributed by atoms with van der Waals surface area (Å²) in [4.78, 5) is 12.2. The standard InChI is InChI=1S/C26H44O2/c1-4-6-8-10-11-13-15-25(14-12-9-7-5-2)22-28-26(27)21-20-24-18-16-23(3)17-19-24/h16-19,25H,4-15,20-22H2,1-3H3. The first-order chi connectivity index (χ1) is 13.7. The third-order valence-electron chi connectivity index (χ3n) is 5.65. The zero-order valence-corrected chi connectivity index (χ0v) is 18.8. The average Bonchev–Trinajstić information content (AvgIpc) is 2.70. The van der Waals surface area contributed by atoms with E-state index in [2.05, 4.69) is 45.0 Å². The number of esters is 1. The summed E-state index contributed by atoms with van der Waals surface area (Å²) in [5, 5.41) is 0. The van der Waals surface area contributed by atoms with Crippen LogP contribution in [0.2, 0.25) is 0 Å². The van der Waals surface area contributed by atoms with Crippen molar-refractivity contribution in [3.05, 3.63) is 35.4 Å². The normalized spacial score (nSPS) is 12.1. The molecule has 0 spiro atoms. The summed E-state index contributed by atoms with van der Waals surface area (Å²) < 4.78 is 5.66. The van der Waals surface area contributed by atoms with Gasteiger partial charge in [-0.05, 0) is 37.7 Å². The molecule has 0 fully saturated rings. The number of hydrogen-bond acceptors (Lipinski definition) is 2.